The summed E-state index contributed by atoms with van der Waals surface area (Å²) in [6, 6.07) is 17.3. The number of aryl methyl sites for hydroxylation is 2. The molecule has 0 heterocycles. The van der Waals surface area contributed by atoms with Gasteiger partial charge in [0.15, 0.2) is 0 Å². The summed E-state index contributed by atoms with van der Waals surface area (Å²) in [6.07, 6.45) is 0. The summed E-state index contributed by atoms with van der Waals surface area (Å²) in [5.74, 6) is 0.355. The van der Waals surface area contributed by atoms with Crippen molar-refractivity contribution in [3.8, 4) is 0 Å². The minimum absolute atomic E-state index is 0. The first-order valence-corrected chi connectivity index (χ1v) is 6.40. The Balaban J connectivity index is 0.00000180. The Morgan fingerprint density at radius 3 is 1.74 bits per heavy atom. The SMILES string of the molecule is C=C(c1ccc(C)cc1)C(C)c1ccc(C)cc1.[V]. The molecular weight excluding hydrogens is 267 g/mol. The molecule has 1 heteroatoms. The molecule has 19 heavy (non-hydrogen) atoms. The fourth-order valence-corrected chi connectivity index (χ4v) is 2.07. The van der Waals surface area contributed by atoms with Gasteiger partial charge in [0.05, 0.1) is 0 Å². The monoisotopic (exact) mass is 287 g/mol. The smallest absolute Gasteiger partial charge is 0.00610 e. The van der Waals surface area contributed by atoms with Crippen molar-refractivity contribution in [2.45, 2.75) is 26.7 Å². The van der Waals surface area contributed by atoms with Crippen molar-refractivity contribution < 1.29 is 18.6 Å². The second kappa shape index (κ2) is 6.79. The number of hydrogen-bond acceptors (Lipinski definition) is 0. The number of rotatable bonds is 3. The van der Waals surface area contributed by atoms with Crippen LogP contribution in [0.25, 0.3) is 5.57 Å². The molecule has 97 valence electrons. The maximum absolute atomic E-state index is 4.25. The molecule has 2 rings (SSSR count). The Labute approximate surface area is 128 Å². The van der Waals surface area contributed by atoms with Crippen LogP contribution in [-0.4, -0.2) is 0 Å². The van der Waals surface area contributed by atoms with E-state index in [1.54, 1.807) is 0 Å². The predicted octanol–water partition coefficient (Wildman–Crippen LogP) is 5.12. The van der Waals surface area contributed by atoms with Gasteiger partial charge in [0.25, 0.3) is 0 Å². The average Bonchev–Trinajstić information content (AvgIpc) is 2.39. The van der Waals surface area contributed by atoms with Crippen LogP contribution in [-0.2, 0) is 18.6 Å². The van der Waals surface area contributed by atoms with E-state index in [9.17, 15) is 0 Å². The molecule has 0 amide bonds. The molecule has 1 radical (unpaired) electrons. The topological polar surface area (TPSA) is 0 Å². The average molecular weight is 287 g/mol. The fourth-order valence-electron chi connectivity index (χ4n) is 2.07. The molecule has 0 aliphatic rings. The normalized spacial score (nSPS) is 11.5. The third-order valence-electron chi connectivity index (χ3n) is 3.52. The van der Waals surface area contributed by atoms with E-state index in [0.29, 0.717) is 5.92 Å². The van der Waals surface area contributed by atoms with E-state index in [2.05, 4.69) is 75.9 Å². The van der Waals surface area contributed by atoms with Crippen LogP contribution in [0.3, 0.4) is 0 Å². The minimum atomic E-state index is 0. The van der Waals surface area contributed by atoms with Gasteiger partial charge in [0.2, 0.25) is 0 Å². The van der Waals surface area contributed by atoms with E-state index in [-0.39, 0.29) is 18.6 Å². The van der Waals surface area contributed by atoms with E-state index >= 15 is 0 Å². The molecule has 0 saturated carbocycles. The van der Waals surface area contributed by atoms with Crippen LogP contribution in [0.2, 0.25) is 0 Å². The van der Waals surface area contributed by atoms with Crippen LogP contribution >= 0.6 is 0 Å². The third kappa shape index (κ3) is 3.86. The zero-order chi connectivity index (χ0) is 13.1. The first-order valence-electron chi connectivity index (χ1n) is 6.40. The maximum Gasteiger partial charge on any atom is 0.00610 e. The number of allylic oxidation sites excluding steroid dienone is 1. The molecule has 0 nitrogen and oxygen atoms in total. The van der Waals surface area contributed by atoms with Crippen LogP contribution < -0.4 is 0 Å². The molecule has 2 aromatic carbocycles. The summed E-state index contributed by atoms with van der Waals surface area (Å²) < 4.78 is 0. The van der Waals surface area contributed by atoms with Gasteiger partial charge in [0, 0.05) is 24.5 Å². The summed E-state index contributed by atoms with van der Waals surface area (Å²) in [5, 5.41) is 0. The molecule has 0 aromatic heterocycles. The number of benzene rings is 2. The molecule has 2 aromatic rings. The summed E-state index contributed by atoms with van der Waals surface area (Å²) in [6.45, 7) is 10.7. The summed E-state index contributed by atoms with van der Waals surface area (Å²) in [7, 11) is 0. The van der Waals surface area contributed by atoms with Gasteiger partial charge >= 0.3 is 0 Å². The third-order valence-corrected chi connectivity index (χ3v) is 3.52. The second-order valence-corrected chi connectivity index (χ2v) is 5.02. The van der Waals surface area contributed by atoms with E-state index in [1.807, 2.05) is 0 Å². The zero-order valence-electron chi connectivity index (χ0n) is 11.9. The van der Waals surface area contributed by atoms with Gasteiger partial charge < -0.3 is 0 Å². The summed E-state index contributed by atoms with van der Waals surface area (Å²) in [4.78, 5) is 0. The standard InChI is InChI=1S/C18H20.V/c1-13-5-9-17(10-6-13)15(3)16(4)18-11-7-14(2)8-12-18;/h5-12,16H,3H2,1-2,4H3;. The molecule has 0 fully saturated rings. The molecule has 0 spiro atoms. The molecule has 0 N–H and O–H groups in total. The number of hydrogen-bond donors (Lipinski definition) is 0. The van der Waals surface area contributed by atoms with Gasteiger partial charge in [-0.3, -0.25) is 0 Å². The fraction of sp³-hybridized carbons (Fsp3) is 0.222. The van der Waals surface area contributed by atoms with Crippen LogP contribution in [0.5, 0.6) is 0 Å². The van der Waals surface area contributed by atoms with Crippen molar-refractivity contribution in [1.29, 1.82) is 0 Å². The van der Waals surface area contributed by atoms with Crippen molar-refractivity contribution in [2.75, 3.05) is 0 Å². The Kier molecular flexibility index (Phi) is 5.66. The van der Waals surface area contributed by atoms with E-state index < -0.39 is 0 Å². The van der Waals surface area contributed by atoms with Gasteiger partial charge in [-0.1, -0.05) is 73.2 Å². The molecule has 1 unspecified atom stereocenters. The summed E-state index contributed by atoms with van der Waals surface area (Å²) >= 11 is 0. The van der Waals surface area contributed by atoms with Crippen LogP contribution in [0.1, 0.15) is 35.1 Å². The molecule has 0 bridgehead atoms. The molecule has 1 atom stereocenters. The van der Waals surface area contributed by atoms with Crippen LogP contribution in [0, 0.1) is 13.8 Å². The van der Waals surface area contributed by atoms with Gasteiger partial charge in [-0.05, 0) is 30.5 Å². The molecular formula is C18H20V. The van der Waals surface area contributed by atoms with Gasteiger partial charge in [-0.25, -0.2) is 0 Å². The summed E-state index contributed by atoms with van der Waals surface area (Å²) in [5.41, 5.74) is 6.32. The second-order valence-electron chi connectivity index (χ2n) is 5.02. The Morgan fingerprint density at radius 1 is 0.842 bits per heavy atom. The zero-order valence-corrected chi connectivity index (χ0v) is 13.2. The van der Waals surface area contributed by atoms with Crippen molar-refractivity contribution in [1.82, 2.24) is 0 Å². The quantitative estimate of drug-likeness (QED) is 0.735. The Bertz CT molecular complexity index is 535. The first-order chi connectivity index (χ1) is 8.58. The van der Waals surface area contributed by atoms with Crippen LogP contribution in [0.4, 0.5) is 0 Å². The van der Waals surface area contributed by atoms with Crippen LogP contribution in [0.15, 0.2) is 55.1 Å². The molecule has 0 aliphatic carbocycles. The maximum atomic E-state index is 4.25. The van der Waals surface area contributed by atoms with Gasteiger partial charge in [-0.2, -0.15) is 0 Å². The first kappa shape index (κ1) is 15.8. The molecule has 0 aliphatic heterocycles. The predicted molar refractivity (Wildman–Crippen MR) is 79.8 cm³/mol. The minimum Gasteiger partial charge on any atom is -0.0946 e. The van der Waals surface area contributed by atoms with Gasteiger partial charge in [-0.15, -0.1) is 0 Å². The largest absolute Gasteiger partial charge is 0.0946 e. The van der Waals surface area contributed by atoms with Crippen molar-refractivity contribution in [3.05, 3.63) is 77.4 Å². The van der Waals surface area contributed by atoms with Crippen molar-refractivity contribution >= 4 is 5.57 Å². The van der Waals surface area contributed by atoms with Crippen molar-refractivity contribution in [3.63, 3.8) is 0 Å². The van der Waals surface area contributed by atoms with E-state index in [1.165, 1.54) is 27.8 Å². The van der Waals surface area contributed by atoms with Gasteiger partial charge in [0.1, 0.15) is 0 Å². The molecule has 0 saturated heterocycles. The van der Waals surface area contributed by atoms with Crippen molar-refractivity contribution in [2.24, 2.45) is 0 Å². The Morgan fingerprint density at radius 2 is 1.26 bits per heavy atom. The van der Waals surface area contributed by atoms with E-state index in [0.717, 1.165) is 0 Å². The Hall–Kier alpha value is -1.24. The van der Waals surface area contributed by atoms with E-state index in [4.69, 9.17) is 0 Å².